The van der Waals surface area contributed by atoms with E-state index in [0.29, 0.717) is 49.4 Å². The maximum absolute atomic E-state index is 13.5. The number of rotatable bonds is 12. The van der Waals surface area contributed by atoms with Gasteiger partial charge in [-0.2, -0.15) is 0 Å². The fourth-order valence-electron chi connectivity index (χ4n) is 4.69. The van der Waals surface area contributed by atoms with Crippen molar-refractivity contribution < 1.29 is 33.2 Å². The van der Waals surface area contributed by atoms with Gasteiger partial charge in [0.15, 0.2) is 23.0 Å². The lowest BCUT2D eigenvalue weighted by Gasteiger charge is -2.37. The van der Waals surface area contributed by atoms with E-state index in [4.69, 9.17) is 28.4 Å². The highest BCUT2D eigenvalue weighted by atomic mass is 16.6. The van der Waals surface area contributed by atoms with E-state index in [-0.39, 0.29) is 31.6 Å². The van der Waals surface area contributed by atoms with Gasteiger partial charge in [-0.05, 0) is 43.0 Å². The van der Waals surface area contributed by atoms with Gasteiger partial charge in [-0.15, -0.1) is 0 Å². The molecule has 0 unspecified atom stereocenters. The Morgan fingerprint density at radius 2 is 1.19 bits per heavy atom. The zero-order chi connectivity index (χ0) is 30.0. The summed E-state index contributed by atoms with van der Waals surface area (Å²) in [5, 5.41) is 0. The van der Waals surface area contributed by atoms with E-state index in [9.17, 15) is 4.79 Å². The number of nitrogens with zero attached hydrogens (tertiary/aromatic N) is 1. The Hall–Kier alpha value is -2.97. The fraction of sp³-hybridized carbons (Fsp3) is 0.618. The number of para-hydroxylation sites is 4. The topological polar surface area (TPSA) is 75.7 Å². The van der Waals surface area contributed by atoms with Crippen LogP contribution < -0.4 is 18.9 Å². The molecule has 8 heteroatoms. The van der Waals surface area contributed by atoms with Crippen LogP contribution in [0.25, 0.3) is 0 Å². The molecule has 42 heavy (non-hydrogen) atoms. The molecule has 2 aromatic rings. The Bertz CT molecular complexity index is 979. The van der Waals surface area contributed by atoms with Crippen LogP contribution in [-0.2, 0) is 14.3 Å². The minimum absolute atomic E-state index is 0.00170. The van der Waals surface area contributed by atoms with Gasteiger partial charge in [-0.25, -0.2) is 0 Å². The van der Waals surface area contributed by atoms with Gasteiger partial charge in [0.2, 0.25) is 5.91 Å². The average molecular weight is 586 g/mol. The van der Waals surface area contributed by atoms with E-state index >= 15 is 0 Å². The highest BCUT2D eigenvalue weighted by Gasteiger charge is 2.39. The third-order valence-electron chi connectivity index (χ3n) is 7.56. The lowest BCUT2D eigenvalue weighted by Crippen LogP contribution is -2.51. The zero-order valence-electron chi connectivity index (χ0n) is 26.1. The van der Waals surface area contributed by atoms with Crippen molar-refractivity contribution in [2.75, 3.05) is 59.3 Å². The highest BCUT2D eigenvalue weighted by molar-refractivity contribution is 5.77. The number of unbranched alkanes of at least 4 members (excludes halogenated alkanes) is 4. The molecular formula is C34H51NO7. The molecule has 0 aromatic heterocycles. The second-order valence-electron chi connectivity index (χ2n) is 11.1. The summed E-state index contributed by atoms with van der Waals surface area (Å²) < 4.78 is 37.0. The molecule has 2 aromatic carbocycles. The van der Waals surface area contributed by atoms with Gasteiger partial charge >= 0.3 is 0 Å². The van der Waals surface area contributed by atoms with Crippen molar-refractivity contribution in [3.63, 3.8) is 0 Å². The second-order valence-corrected chi connectivity index (χ2v) is 11.1. The Morgan fingerprint density at radius 3 is 1.62 bits per heavy atom. The number of hydrogen-bond acceptors (Lipinski definition) is 7. The number of amides is 1. The molecular weight excluding hydrogens is 534 g/mol. The van der Waals surface area contributed by atoms with Gasteiger partial charge in [-0.1, -0.05) is 77.6 Å². The summed E-state index contributed by atoms with van der Waals surface area (Å²) in [5.41, 5.74) is -0.922. The maximum Gasteiger partial charge on any atom is 0.248 e. The molecule has 1 amide bonds. The smallest absolute Gasteiger partial charge is 0.248 e. The molecule has 0 aliphatic carbocycles. The summed E-state index contributed by atoms with van der Waals surface area (Å²) in [4.78, 5) is 15.5. The number of carbonyl (C=O) groups is 1. The minimum atomic E-state index is -0.922. The second kappa shape index (κ2) is 18.5. The first-order chi connectivity index (χ1) is 20.5. The predicted octanol–water partition coefficient (Wildman–Crippen LogP) is 6.55. The Morgan fingerprint density at radius 1 is 0.738 bits per heavy atom. The molecule has 0 bridgehead atoms. The monoisotopic (exact) mass is 585 g/mol. The van der Waals surface area contributed by atoms with Crippen LogP contribution in [0.4, 0.5) is 0 Å². The first-order valence-electron chi connectivity index (χ1n) is 15.7. The summed E-state index contributed by atoms with van der Waals surface area (Å²) in [7, 11) is 0. The number of ether oxygens (including phenoxy) is 6. The zero-order valence-corrected chi connectivity index (χ0v) is 26.1. The predicted molar refractivity (Wildman–Crippen MR) is 165 cm³/mol. The largest absolute Gasteiger partial charge is 0.487 e. The van der Waals surface area contributed by atoms with Crippen LogP contribution in [0.3, 0.4) is 0 Å². The highest BCUT2D eigenvalue weighted by Crippen LogP contribution is 2.33. The molecule has 8 nitrogen and oxygen atoms in total. The minimum Gasteiger partial charge on any atom is -0.487 e. The van der Waals surface area contributed by atoms with Crippen LogP contribution in [0.2, 0.25) is 0 Å². The Labute approximate surface area is 252 Å². The van der Waals surface area contributed by atoms with Crippen LogP contribution in [0, 0.1) is 5.92 Å². The van der Waals surface area contributed by atoms with E-state index < -0.39 is 5.60 Å². The maximum atomic E-state index is 13.5. The van der Waals surface area contributed by atoms with Gasteiger partial charge in [0.25, 0.3) is 0 Å². The van der Waals surface area contributed by atoms with Gasteiger partial charge in [0.1, 0.15) is 38.6 Å². The molecule has 3 rings (SSSR count). The quantitative estimate of drug-likeness (QED) is 0.261. The molecule has 1 aliphatic heterocycles. The summed E-state index contributed by atoms with van der Waals surface area (Å²) in [6.07, 6.45) is 6.42. The van der Waals surface area contributed by atoms with Crippen molar-refractivity contribution >= 4 is 5.91 Å². The standard InChI is InChI=1S/C34H51NO7/c1-5-7-13-19-35(20-14-8-6-2)33(36)25-42-34(28(3)4)26-40-31-17-11-9-15-29(31)38-23-21-37-22-24-39-30-16-10-12-18-32(30)41-27-34/h9-12,15-18,28H,5-8,13-14,19-27H2,1-4H3. The molecule has 0 spiro atoms. The van der Waals surface area contributed by atoms with E-state index in [1.54, 1.807) is 0 Å². The Balaban J connectivity index is 1.85. The molecule has 0 radical (unpaired) electrons. The van der Waals surface area contributed by atoms with Crippen LogP contribution in [-0.4, -0.2) is 75.7 Å². The third kappa shape index (κ3) is 10.7. The van der Waals surface area contributed by atoms with Crippen LogP contribution >= 0.6 is 0 Å². The molecule has 1 heterocycles. The lowest BCUT2D eigenvalue weighted by molar-refractivity contribution is -0.157. The Kier molecular flexibility index (Phi) is 14.8. The van der Waals surface area contributed by atoms with E-state index in [1.165, 1.54) is 0 Å². The van der Waals surface area contributed by atoms with Crippen LogP contribution in [0.5, 0.6) is 23.0 Å². The molecule has 234 valence electrons. The number of benzene rings is 2. The van der Waals surface area contributed by atoms with Gasteiger partial charge in [-0.3, -0.25) is 4.79 Å². The molecule has 0 N–H and O–H groups in total. The van der Waals surface area contributed by atoms with Gasteiger partial charge in [0, 0.05) is 13.1 Å². The van der Waals surface area contributed by atoms with Crippen molar-refractivity contribution in [1.82, 2.24) is 4.90 Å². The van der Waals surface area contributed by atoms with Gasteiger partial charge < -0.3 is 33.3 Å². The number of hydrogen-bond donors (Lipinski definition) is 0. The third-order valence-corrected chi connectivity index (χ3v) is 7.56. The van der Waals surface area contributed by atoms with Crippen LogP contribution in [0.15, 0.2) is 48.5 Å². The average Bonchev–Trinajstić information content (AvgIpc) is 3.00. The van der Waals surface area contributed by atoms with Crippen molar-refractivity contribution in [3.8, 4) is 23.0 Å². The van der Waals surface area contributed by atoms with Crippen molar-refractivity contribution in [3.05, 3.63) is 48.5 Å². The van der Waals surface area contributed by atoms with Crippen molar-refractivity contribution in [2.24, 2.45) is 5.92 Å². The number of fused-ring (bicyclic) bond motifs is 2. The van der Waals surface area contributed by atoms with Crippen molar-refractivity contribution in [1.29, 1.82) is 0 Å². The van der Waals surface area contributed by atoms with E-state index in [1.807, 2.05) is 53.4 Å². The van der Waals surface area contributed by atoms with E-state index in [0.717, 1.165) is 51.6 Å². The molecule has 0 saturated heterocycles. The molecule has 0 saturated carbocycles. The number of carbonyl (C=O) groups excluding carboxylic acids is 1. The summed E-state index contributed by atoms with van der Waals surface area (Å²) in [6.45, 7) is 11.9. The normalized spacial score (nSPS) is 15.7. The SMILES string of the molecule is CCCCCN(CCCCC)C(=O)COC1(C(C)C)COc2ccccc2OCCOCCOc2ccccc2OC1. The van der Waals surface area contributed by atoms with E-state index in [2.05, 4.69) is 27.7 Å². The van der Waals surface area contributed by atoms with Crippen LogP contribution in [0.1, 0.15) is 66.2 Å². The summed E-state index contributed by atoms with van der Waals surface area (Å²) in [5.74, 6) is 2.43. The molecule has 0 atom stereocenters. The fourth-order valence-corrected chi connectivity index (χ4v) is 4.69. The summed E-state index contributed by atoms with van der Waals surface area (Å²) >= 11 is 0. The lowest BCUT2D eigenvalue weighted by atomic mass is 9.91. The first kappa shape index (κ1) is 33.5. The van der Waals surface area contributed by atoms with Crippen molar-refractivity contribution in [2.45, 2.75) is 71.8 Å². The molecule has 1 aliphatic rings. The summed E-state index contributed by atoms with van der Waals surface area (Å²) in [6, 6.07) is 15.1. The molecule has 0 fully saturated rings. The van der Waals surface area contributed by atoms with Gasteiger partial charge in [0.05, 0.1) is 13.2 Å². The first-order valence-corrected chi connectivity index (χ1v) is 15.7.